The molecule has 0 saturated heterocycles. The summed E-state index contributed by atoms with van der Waals surface area (Å²) in [7, 11) is 0. The van der Waals surface area contributed by atoms with Gasteiger partial charge >= 0.3 is 0 Å². The van der Waals surface area contributed by atoms with Gasteiger partial charge in [0.25, 0.3) is 0 Å². The molecule has 0 amide bonds. The lowest BCUT2D eigenvalue weighted by molar-refractivity contribution is 0.322. The standard InChI is InChI=1S/C11H11F2N3OS2/c12-7-1-2-8(13)9(5-7)17-3-4-19-6-10-14-11(18)16-15-10/h1-2,5H,3-4,6H2,(H2,14,15,16,18). The molecule has 0 saturated carbocycles. The highest BCUT2D eigenvalue weighted by molar-refractivity contribution is 7.98. The number of ether oxygens (including phenoxy) is 1. The molecule has 1 heterocycles. The number of nitrogens with zero attached hydrogens (tertiary/aromatic N) is 1. The Morgan fingerprint density at radius 2 is 2.21 bits per heavy atom. The summed E-state index contributed by atoms with van der Waals surface area (Å²) in [5.74, 6) is 0.855. The van der Waals surface area contributed by atoms with Crippen LogP contribution in [0.1, 0.15) is 5.82 Å². The van der Waals surface area contributed by atoms with E-state index in [0.29, 0.717) is 16.3 Å². The number of halogens is 2. The Kier molecular flexibility index (Phi) is 4.92. The third-order valence-electron chi connectivity index (χ3n) is 2.17. The van der Waals surface area contributed by atoms with Gasteiger partial charge in [-0.1, -0.05) is 0 Å². The van der Waals surface area contributed by atoms with Crippen molar-refractivity contribution in [3.63, 3.8) is 0 Å². The average Bonchev–Trinajstić information content (AvgIpc) is 2.79. The van der Waals surface area contributed by atoms with Gasteiger partial charge in [0.15, 0.2) is 16.3 Å². The molecule has 0 spiro atoms. The number of hydrogen-bond donors (Lipinski definition) is 2. The summed E-state index contributed by atoms with van der Waals surface area (Å²) in [5.41, 5.74) is 0. The summed E-state index contributed by atoms with van der Waals surface area (Å²) in [6.07, 6.45) is 0. The Bertz CT molecular complexity index is 600. The average molecular weight is 303 g/mol. The maximum Gasteiger partial charge on any atom is 0.192 e. The van der Waals surface area contributed by atoms with E-state index < -0.39 is 11.6 Å². The number of aromatic nitrogens is 3. The van der Waals surface area contributed by atoms with E-state index in [0.717, 1.165) is 24.0 Å². The SMILES string of the molecule is Fc1ccc(F)c(OCCSCc2n[nH]c(=S)[nH]2)c1. The first-order valence-electron chi connectivity index (χ1n) is 5.44. The van der Waals surface area contributed by atoms with Crippen molar-refractivity contribution in [3.05, 3.63) is 40.4 Å². The highest BCUT2D eigenvalue weighted by atomic mass is 32.2. The van der Waals surface area contributed by atoms with Gasteiger partial charge in [-0.2, -0.15) is 16.9 Å². The molecule has 19 heavy (non-hydrogen) atoms. The first-order chi connectivity index (χ1) is 9.15. The summed E-state index contributed by atoms with van der Waals surface area (Å²) in [4.78, 5) is 2.88. The summed E-state index contributed by atoms with van der Waals surface area (Å²) < 4.78 is 31.7. The number of nitrogens with one attached hydrogen (secondary N) is 2. The van der Waals surface area contributed by atoms with Crippen LogP contribution in [0.2, 0.25) is 0 Å². The van der Waals surface area contributed by atoms with Crippen LogP contribution >= 0.6 is 24.0 Å². The minimum Gasteiger partial charge on any atom is -0.490 e. The molecule has 8 heteroatoms. The minimum atomic E-state index is -0.567. The van der Waals surface area contributed by atoms with Crippen molar-refractivity contribution >= 4 is 24.0 Å². The molecule has 0 aliphatic carbocycles. The lowest BCUT2D eigenvalue weighted by Crippen LogP contribution is -2.02. The zero-order valence-corrected chi connectivity index (χ0v) is 11.4. The molecule has 2 aromatic rings. The van der Waals surface area contributed by atoms with Gasteiger partial charge < -0.3 is 9.72 Å². The maximum absolute atomic E-state index is 13.2. The summed E-state index contributed by atoms with van der Waals surface area (Å²) in [5, 5.41) is 6.56. The molecule has 0 atom stereocenters. The van der Waals surface area contributed by atoms with Crippen LogP contribution in [0, 0.1) is 16.4 Å². The third-order valence-corrected chi connectivity index (χ3v) is 3.29. The predicted molar refractivity (Wildman–Crippen MR) is 71.8 cm³/mol. The van der Waals surface area contributed by atoms with Crippen LogP contribution in [0.25, 0.3) is 0 Å². The van der Waals surface area contributed by atoms with Crippen LogP contribution in [0.5, 0.6) is 5.75 Å². The van der Waals surface area contributed by atoms with E-state index in [1.807, 2.05) is 0 Å². The van der Waals surface area contributed by atoms with Crippen molar-refractivity contribution < 1.29 is 13.5 Å². The second-order valence-corrected chi connectivity index (χ2v) is 5.11. The van der Waals surface area contributed by atoms with Crippen molar-refractivity contribution in [2.75, 3.05) is 12.4 Å². The van der Waals surface area contributed by atoms with Crippen LogP contribution in [0.15, 0.2) is 18.2 Å². The van der Waals surface area contributed by atoms with Crippen LogP contribution in [0.3, 0.4) is 0 Å². The Morgan fingerprint density at radius 1 is 1.37 bits per heavy atom. The van der Waals surface area contributed by atoms with Gasteiger partial charge in [0.05, 0.1) is 12.4 Å². The van der Waals surface area contributed by atoms with Crippen molar-refractivity contribution in [1.82, 2.24) is 15.2 Å². The Hall–Kier alpha value is -1.41. The highest BCUT2D eigenvalue weighted by Gasteiger charge is 2.04. The Balaban J connectivity index is 1.72. The molecular formula is C11H11F2N3OS2. The number of rotatable bonds is 6. The van der Waals surface area contributed by atoms with Gasteiger partial charge in [0.2, 0.25) is 0 Å². The number of thioether (sulfide) groups is 1. The molecule has 2 N–H and O–H groups in total. The molecule has 0 fully saturated rings. The van der Waals surface area contributed by atoms with E-state index in [4.69, 9.17) is 17.0 Å². The second-order valence-electron chi connectivity index (χ2n) is 3.60. The topological polar surface area (TPSA) is 53.7 Å². The normalized spacial score (nSPS) is 10.6. The summed E-state index contributed by atoms with van der Waals surface area (Å²) in [6, 6.07) is 3.13. The number of H-pyrrole nitrogens is 2. The Labute approximate surface area is 117 Å². The van der Waals surface area contributed by atoms with Crippen molar-refractivity contribution in [3.8, 4) is 5.75 Å². The van der Waals surface area contributed by atoms with Gasteiger partial charge in [-0.15, -0.1) is 0 Å². The van der Waals surface area contributed by atoms with Crippen LogP contribution in [-0.4, -0.2) is 27.5 Å². The van der Waals surface area contributed by atoms with E-state index in [2.05, 4.69) is 15.2 Å². The van der Waals surface area contributed by atoms with Crippen LogP contribution in [0.4, 0.5) is 8.78 Å². The fraction of sp³-hybridized carbons (Fsp3) is 0.273. The van der Waals surface area contributed by atoms with E-state index >= 15 is 0 Å². The number of benzene rings is 1. The van der Waals surface area contributed by atoms with Gasteiger partial charge in [0.1, 0.15) is 11.6 Å². The zero-order chi connectivity index (χ0) is 13.7. The molecule has 0 aliphatic heterocycles. The molecular weight excluding hydrogens is 292 g/mol. The van der Waals surface area contributed by atoms with Crippen molar-refractivity contribution in [2.24, 2.45) is 0 Å². The summed E-state index contributed by atoms with van der Waals surface area (Å²) in [6.45, 7) is 0.288. The monoisotopic (exact) mass is 303 g/mol. The van der Waals surface area contributed by atoms with E-state index in [1.165, 1.54) is 0 Å². The minimum absolute atomic E-state index is 0.0697. The van der Waals surface area contributed by atoms with Gasteiger partial charge in [-0.25, -0.2) is 8.78 Å². The van der Waals surface area contributed by atoms with Crippen LogP contribution < -0.4 is 4.74 Å². The maximum atomic E-state index is 13.2. The fourth-order valence-corrected chi connectivity index (χ4v) is 2.18. The molecule has 102 valence electrons. The van der Waals surface area contributed by atoms with E-state index in [1.54, 1.807) is 11.8 Å². The van der Waals surface area contributed by atoms with Gasteiger partial charge in [-0.05, 0) is 24.4 Å². The molecule has 4 nitrogen and oxygen atoms in total. The number of hydrogen-bond acceptors (Lipinski definition) is 4. The van der Waals surface area contributed by atoms with Crippen molar-refractivity contribution in [2.45, 2.75) is 5.75 Å². The molecule has 1 aromatic carbocycles. The largest absolute Gasteiger partial charge is 0.490 e. The molecule has 0 bridgehead atoms. The third kappa shape index (κ3) is 4.32. The highest BCUT2D eigenvalue weighted by Crippen LogP contribution is 2.18. The predicted octanol–water partition coefficient (Wildman–Crippen LogP) is 3.06. The molecule has 0 radical (unpaired) electrons. The first-order valence-corrected chi connectivity index (χ1v) is 7.00. The fourth-order valence-electron chi connectivity index (χ4n) is 1.34. The number of aromatic amines is 2. The van der Waals surface area contributed by atoms with Gasteiger partial charge in [-0.3, -0.25) is 5.10 Å². The molecule has 1 aromatic heterocycles. The molecule has 0 aliphatic rings. The summed E-state index contributed by atoms with van der Waals surface area (Å²) >= 11 is 6.39. The van der Waals surface area contributed by atoms with Gasteiger partial charge in [0, 0.05) is 11.8 Å². The Morgan fingerprint density at radius 3 is 2.95 bits per heavy atom. The molecule has 0 unspecified atom stereocenters. The quantitative estimate of drug-likeness (QED) is 0.636. The lowest BCUT2D eigenvalue weighted by atomic mass is 10.3. The second kappa shape index (κ2) is 6.67. The van der Waals surface area contributed by atoms with Crippen molar-refractivity contribution in [1.29, 1.82) is 0 Å². The van der Waals surface area contributed by atoms with E-state index in [-0.39, 0.29) is 12.4 Å². The zero-order valence-electron chi connectivity index (χ0n) is 9.78. The lowest BCUT2D eigenvalue weighted by Gasteiger charge is -2.06. The molecule has 2 rings (SSSR count). The van der Waals surface area contributed by atoms with E-state index in [9.17, 15) is 8.78 Å². The van der Waals surface area contributed by atoms with Crippen LogP contribution in [-0.2, 0) is 5.75 Å². The first kappa shape index (κ1) is 14.0. The smallest absolute Gasteiger partial charge is 0.192 e.